The predicted octanol–water partition coefficient (Wildman–Crippen LogP) is 6.67. The summed E-state index contributed by atoms with van der Waals surface area (Å²) in [6, 6.07) is 17.4. The van der Waals surface area contributed by atoms with Crippen LogP contribution >= 0.6 is 0 Å². The van der Waals surface area contributed by atoms with Crippen LogP contribution in [0.1, 0.15) is 56.2 Å². The molecule has 9 nitrogen and oxygen atoms in total. The quantitative estimate of drug-likeness (QED) is 0.188. The largest absolute Gasteiger partial charge is 0.475 e. The predicted molar refractivity (Wildman–Crippen MR) is 186 cm³/mol. The van der Waals surface area contributed by atoms with Crippen LogP contribution in [0, 0.1) is 47.2 Å². The smallest absolute Gasteiger partial charge is 0.298 e. The van der Waals surface area contributed by atoms with E-state index in [9.17, 15) is 15.3 Å². The van der Waals surface area contributed by atoms with E-state index in [4.69, 9.17) is 14.8 Å². The number of fused-ring (bicyclic) bond motifs is 4. The number of pyridine rings is 1. The number of hydrogen-bond acceptors (Lipinski definition) is 7. The van der Waals surface area contributed by atoms with Crippen LogP contribution in [0.3, 0.4) is 0 Å². The summed E-state index contributed by atoms with van der Waals surface area (Å²) in [5.41, 5.74) is 3.05. The molecule has 7 rings (SSSR count). The highest BCUT2D eigenvalue weighted by Gasteiger charge is 2.34. The summed E-state index contributed by atoms with van der Waals surface area (Å²) in [5.74, 6) is 4.84. The lowest BCUT2D eigenvalue weighted by atomic mass is 9.91. The second kappa shape index (κ2) is 13.2. The fourth-order valence-corrected chi connectivity index (χ4v) is 7.73. The van der Waals surface area contributed by atoms with Crippen molar-refractivity contribution in [3.05, 3.63) is 65.6 Å². The first-order chi connectivity index (χ1) is 23.8. The van der Waals surface area contributed by atoms with Gasteiger partial charge in [-0.05, 0) is 87.7 Å². The molecule has 10 heteroatoms. The number of rotatable bonds is 6. The molecule has 0 radical (unpaired) electrons. The fourth-order valence-electron chi connectivity index (χ4n) is 7.73. The van der Waals surface area contributed by atoms with Crippen LogP contribution in [0.15, 0.2) is 48.7 Å². The van der Waals surface area contributed by atoms with Gasteiger partial charge in [0.15, 0.2) is 5.82 Å². The van der Waals surface area contributed by atoms with E-state index in [2.05, 4.69) is 35.9 Å². The average molecular weight is 654 g/mol. The summed E-state index contributed by atoms with van der Waals surface area (Å²) in [6.07, 6.45) is 5.10. The number of likely N-dealkylation sites (tertiary alicyclic amines) is 2. The Kier molecular flexibility index (Phi) is 8.63. The number of aryl methyl sites for hydroxylation is 1. The molecule has 0 bridgehead atoms. The van der Waals surface area contributed by atoms with E-state index < -0.39 is 5.82 Å². The van der Waals surface area contributed by atoms with Crippen LogP contribution in [-0.4, -0.2) is 69.3 Å². The summed E-state index contributed by atoms with van der Waals surface area (Å²) >= 11 is 0. The molecule has 2 aromatic heterocycles. The number of carbonyl (C=O) groups excluding carboxylic acids is 1. The number of benzene rings is 3. The van der Waals surface area contributed by atoms with Crippen LogP contribution in [-0.2, 0) is 4.79 Å². The van der Waals surface area contributed by atoms with Crippen LogP contribution in [0.5, 0.6) is 5.88 Å². The Labute approximate surface area is 284 Å². The Morgan fingerprint density at radius 1 is 1.10 bits per heavy atom. The maximum absolute atomic E-state index is 17.2. The van der Waals surface area contributed by atoms with E-state index in [1.807, 2.05) is 48.0 Å². The summed E-state index contributed by atoms with van der Waals surface area (Å²) < 4.78 is 25.6. The van der Waals surface area contributed by atoms with Crippen LogP contribution in [0.4, 0.5) is 4.39 Å². The first-order valence-electron chi connectivity index (χ1n) is 16.7. The van der Waals surface area contributed by atoms with Crippen molar-refractivity contribution < 1.29 is 13.9 Å². The molecule has 2 aliphatic rings. The SMILES string of the molecule is CC#CC(=O)N1CC[C@H](n2ncc3c(OC[C@@H]4CCCN4C)nc4c(F)c(-c5cccc6cccc(C#N)c56)c(C)cc4c32)C[C@H]1CC#N. The second-order valence-corrected chi connectivity index (χ2v) is 13.0. The fraction of sp³-hybridized carbons (Fsp3) is 0.359. The summed E-state index contributed by atoms with van der Waals surface area (Å²) in [4.78, 5) is 21.6. The highest BCUT2D eigenvalue weighted by Crippen LogP contribution is 2.42. The molecule has 3 aromatic carbocycles. The van der Waals surface area contributed by atoms with E-state index in [0.717, 1.165) is 24.8 Å². The summed E-state index contributed by atoms with van der Waals surface area (Å²) in [6.45, 7) is 5.33. The van der Waals surface area contributed by atoms with E-state index >= 15 is 4.39 Å². The highest BCUT2D eigenvalue weighted by atomic mass is 19.1. The van der Waals surface area contributed by atoms with Gasteiger partial charge in [0.2, 0.25) is 5.88 Å². The van der Waals surface area contributed by atoms with Crippen molar-refractivity contribution >= 4 is 38.5 Å². The molecule has 4 heterocycles. The summed E-state index contributed by atoms with van der Waals surface area (Å²) in [5, 5.41) is 27.3. The number of ether oxygens (including phenoxy) is 1. The van der Waals surface area contributed by atoms with Gasteiger partial charge in [0.05, 0.1) is 47.3 Å². The molecule has 5 aromatic rings. The third-order valence-corrected chi connectivity index (χ3v) is 10.2. The van der Waals surface area contributed by atoms with Gasteiger partial charge in [-0.1, -0.05) is 36.3 Å². The van der Waals surface area contributed by atoms with Gasteiger partial charge in [0, 0.05) is 35.0 Å². The van der Waals surface area contributed by atoms with Gasteiger partial charge in [-0.2, -0.15) is 15.6 Å². The van der Waals surface area contributed by atoms with E-state index in [0.29, 0.717) is 75.8 Å². The first-order valence-corrected chi connectivity index (χ1v) is 16.7. The molecular formula is C39H36FN7O2. The van der Waals surface area contributed by atoms with Gasteiger partial charge < -0.3 is 14.5 Å². The number of likely N-dealkylation sites (N-methyl/N-ethyl adjacent to an activating group) is 1. The normalized spacial score (nSPS) is 19.5. The Morgan fingerprint density at radius 2 is 1.92 bits per heavy atom. The molecule has 0 aliphatic carbocycles. The highest BCUT2D eigenvalue weighted by molar-refractivity contribution is 6.09. The number of carbonyl (C=O) groups is 1. The molecule has 1 amide bonds. The maximum Gasteiger partial charge on any atom is 0.298 e. The second-order valence-electron chi connectivity index (χ2n) is 13.0. The van der Waals surface area contributed by atoms with Gasteiger partial charge in [-0.25, -0.2) is 9.37 Å². The molecule has 3 atom stereocenters. The average Bonchev–Trinajstić information content (AvgIpc) is 3.74. The van der Waals surface area contributed by atoms with E-state index in [-0.39, 0.29) is 36.0 Å². The zero-order valence-corrected chi connectivity index (χ0v) is 27.8. The van der Waals surface area contributed by atoms with Crippen molar-refractivity contribution in [2.24, 2.45) is 0 Å². The number of halogens is 1. The Hall–Kier alpha value is -5.50. The molecule has 0 spiro atoms. The zero-order valence-electron chi connectivity index (χ0n) is 27.8. The van der Waals surface area contributed by atoms with Gasteiger partial charge in [-0.15, -0.1) is 0 Å². The van der Waals surface area contributed by atoms with E-state index in [1.54, 1.807) is 24.1 Å². The van der Waals surface area contributed by atoms with Crippen LogP contribution < -0.4 is 4.74 Å². The Balaban J connectivity index is 1.41. The molecule has 2 saturated heterocycles. The van der Waals surface area contributed by atoms with Crippen LogP contribution in [0.2, 0.25) is 0 Å². The molecule has 2 aliphatic heterocycles. The first kappa shape index (κ1) is 32.1. The summed E-state index contributed by atoms with van der Waals surface area (Å²) in [7, 11) is 2.08. The standard InChI is InChI=1S/C39H36FN7O2/c1-4-8-33(48)46-18-15-28(20-27(46)14-16-41)47-38-31-19-24(2)34(30-13-6-10-25-9-5-11-26(21-42)35(25)30)36(40)37(31)44-39(32(38)22-43-47)49-23-29-12-7-17-45(29)3/h5-6,9-11,13,19,22,27-29H,7,12,14-15,17-18,20,23H2,1-3H3/t27-,28+,29+/m1/s1. The molecule has 0 saturated carbocycles. The lowest BCUT2D eigenvalue weighted by Gasteiger charge is -2.37. The molecule has 49 heavy (non-hydrogen) atoms. The van der Waals surface area contributed by atoms with Crippen molar-refractivity contribution in [1.29, 1.82) is 10.5 Å². The molecule has 246 valence electrons. The van der Waals surface area contributed by atoms with Crippen molar-refractivity contribution in [2.45, 2.75) is 64.1 Å². The maximum atomic E-state index is 17.2. The third-order valence-electron chi connectivity index (χ3n) is 10.2. The lowest BCUT2D eigenvalue weighted by molar-refractivity contribution is -0.129. The molecule has 0 unspecified atom stereocenters. The van der Waals surface area contributed by atoms with E-state index in [1.165, 1.54) is 0 Å². The third kappa shape index (κ3) is 5.61. The van der Waals surface area contributed by atoms with Crippen molar-refractivity contribution in [2.75, 3.05) is 26.7 Å². The minimum Gasteiger partial charge on any atom is -0.475 e. The van der Waals surface area contributed by atoms with Gasteiger partial charge >= 0.3 is 0 Å². The van der Waals surface area contributed by atoms with Gasteiger partial charge in [0.25, 0.3) is 5.91 Å². The van der Waals surface area contributed by atoms with Crippen molar-refractivity contribution in [3.63, 3.8) is 0 Å². The minimum absolute atomic E-state index is 0.159. The molecule has 2 fully saturated rings. The van der Waals surface area contributed by atoms with Crippen LogP contribution in [0.25, 0.3) is 43.7 Å². The molecule has 0 N–H and O–H groups in total. The molecular weight excluding hydrogens is 617 g/mol. The van der Waals surface area contributed by atoms with Gasteiger partial charge in [0.1, 0.15) is 12.1 Å². The zero-order chi connectivity index (χ0) is 34.2. The monoisotopic (exact) mass is 653 g/mol. The topological polar surface area (TPSA) is 111 Å². The Morgan fingerprint density at radius 3 is 2.65 bits per heavy atom. The van der Waals surface area contributed by atoms with Crippen molar-refractivity contribution in [1.82, 2.24) is 24.6 Å². The number of piperidine rings is 1. The lowest BCUT2D eigenvalue weighted by Crippen LogP contribution is -2.46. The van der Waals surface area contributed by atoms with Gasteiger partial charge in [-0.3, -0.25) is 9.48 Å². The minimum atomic E-state index is -0.492. The number of nitrogens with zero attached hydrogens (tertiary/aromatic N) is 7. The number of hydrogen-bond donors (Lipinski definition) is 0. The Bertz CT molecular complexity index is 2270. The number of nitriles is 2. The van der Waals surface area contributed by atoms with Crippen molar-refractivity contribution in [3.8, 4) is 41.0 Å². The number of amides is 1. The number of aromatic nitrogens is 3.